The fourth-order valence-electron chi connectivity index (χ4n) is 3.45. The van der Waals surface area contributed by atoms with E-state index in [1.807, 2.05) is 6.92 Å². The third kappa shape index (κ3) is 4.46. The van der Waals surface area contributed by atoms with Crippen LogP contribution in [0.15, 0.2) is 18.2 Å². The molecule has 0 bridgehead atoms. The molecular weight excluding hydrogens is 336 g/mol. The maximum atomic E-state index is 12.9. The molecule has 2 aliphatic rings. The molecule has 0 aliphatic carbocycles. The zero-order chi connectivity index (χ0) is 18.5. The van der Waals surface area contributed by atoms with Crippen molar-refractivity contribution in [1.29, 1.82) is 0 Å². The summed E-state index contributed by atoms with van der Waals surface area (Å²) in [6.45, 7) is 3.78. The van der Waals surface area contributed by atoms with Crippen molar-refractivity contribution in [2.24, 2.45) is 0 Å². The lowest BCUT2D eigenvalue weighted by molar-refractivity contribution is 0.0441. The number of amides is 2. The van der Waals surface area contributed by atoms with Gasteiger partial charge in [0.2, 0.25) is 0 Å². The van der Waals surface area contributed by atoms with E-state index < -0.39 is 6.09 Å². The molecule has 0 spiro atoms. The van der Waals surface area contributed by atoms with Gasteiger partial charge in [-0.05, 0) is 44.7 Å². The number of benzene rings is 1. The molecule has 7 heteroatoms. The van der Waals surface area contributed by atoms with Crippen molar-refractivity contribution in [2.75, 3.05) is 26.4 Å². The second-order valence-electron chi connectivity index (χ2n) is 6.97. The molecule has 2 atom stereocenters. The van der Waals surface area contributed by atoms with Crippen molar-refractivity contribution in [1.82, 2.24) is 10.2 Å². The first-order valence-electron chi connectivity index (χ1n) is 9.16. The quantitative estimate of drug-likeness (QED) is 0.857. The molecular formula is C19H26N2O5. The Kier molecular flexibility index (Phi) is 5.98. The number of carbonyl (C=O) groups excluding carboxylic acids is 2. The number of phenols is 1. The van der Waals surface area contributed by atoms with Crippen LogP contribution in [0, 0.1) is 6.92 Å². The van der Waals surface area contributed by atoms with Gasteiger partial charge in [-0.2, -0.15) is 0 Å². The van der Waals surface area contributed by atoms with Gasteiger partial charge in [-0.1, -0.05) is 11.6 Å². The van der Waals surface area contributed by atoms with Gasteiger partial charge < -0.3 is 24.8 Å². The van der Waals surface area contributed by atoms with Crippen LogP contribution >= 0.6 is 0 Å². The minimum Gasteiger partial charge on any atom is -0.507 e. The summed E-state index contributed by atoms with van der Waals surface area (Å²) < 4.78 is 10.6. The summed E-state index contributed by atoms with van der Waals surface area (Å²) in [4.78, 5) is 26.6. The van der Waals surface area contributed by atoms with E-state index in [2.05, 4.69) is 5.32 Å². The molecule has 2 amide bonds. The summed E-state index contributed by atoms with van der Waals surface area (Å²) in [6.07, 6.45) is 2.97. The third-order valence-corrected chi connectivity index (χ3v) is 4.93. The maximum Gasteiger partial charge on any atom is 0.407 e. The normalized spacial score (nSPS) is 22.9. The smallest absolute Gasteiger partial charge is 0.407 e. The highest BCUT2D eigenvalue weighted by Gasteiger charge is 2.30. The van der Waals surface area contributed by atoms with E-state index in [1.54, 1.807) is 17.0 Å². The Hall–Kier alpha value is -2.28. The summed E-state index contributed by atoms with van der Waals surface area (Å²) in [6, 6.07) is 4.81. The minimum atomic E-state index is -0.475. The molecule has 2 saturated heterocycles. The molecule has 2 unspecified atom stereocenters. The van der Waals surface area contributed by atoms with Crippen molar-refractivity contribution in [2.45, 2.75) is 44.7 Å². The average Bonchev–Trinajstić information content (AvgIpc) is 3.14. The number of nitrogens with one attached hydrogen (secondary N) is 1. The first kappa shape index (κ1) is 18.5. The predicted octanol–water partition coefficient (Wildman–Crippen LogP) is 2.21. The molecule has 2 fully saturated rings. The van der Waals surface area contributed by atoms with Crippen molar-refractivity contribution < 1.29 is 24.2 Å². The lowest BCUT2D eigenvalue weighted by Gasteiger charge is -2.35. The molecule has 7 nitrogen and oxygen atoms in total. The van der Waals surface area contributed by atoms with Crippen molar-refractivity contribution >= 4 is 12.0 Å². The maximum absolute atomic E-state index is 12.9. The van der Waals surface area contributed by atoms with Crippen LogP contribution in [0.2, 0.25) is 0 Å². The number of likely N-dealkylation sites (tertiary alicyclic amines) is 1. The molecule has 1 aromatic carbocycles. The van der Waals surface area contributed by atoms with Crippen LogP contribution in [0.4, 0.5) is 4.79 Å². The van der Waals surface area contributed by atoms with Gasteiger partial charge in [0.05, 0.1) is 24.3 Å². The topological polar surface area (TPSA) is 88.1 Å². The number of hydrogen-bond donors (Lipinski definition) is 2. The molecule has 0 saturated carbocycles. The van der Waals surface area contributed by atoms with Gasteiger partial charge in [0.1, 0.15) is 12.4 Å². The number of alkyl carbamates (subject to hydrolysis) is 1. The Labute approximate surface area is 153 Å². The fourth-order valence-corrected chi connectivity index (χ4v) is 3.45. The van der Waals surface area contributed by atoms with Crippen molar-refractivity contribution in [3.8, 4) is 5.75 Å². The molecule has 2 N–H and O–H groups in total. The van der Waals surface area contributed by atoms with Crippen LogP contribution in [-0.2, 0) is 9.47 Å². The zero-order valence-electron chi connectivity index (χ0n) is 15.1. The first-order chi connectivity index (χ1) is 12.5. The van der Waals surface area contributed by atoms with E-state index in [4.69, 9.17) is 9.47 Å². The molecule has 2 heterocycles. The van der Waals surface area contributed by atoms with E-state index in [1.165, 1.54) is 6.07 Å². The van der Waals surface area contributed by atoms with E-state index >= 15 is 0 Å². The van der Waals surface area contributed by atoms with Gasteiger partial charge in [0.15, 0.2) is 0 Å². The molecule has 0 radical (unpaired) electrons. The lowest BCUT2D eigenvalue weighted by atomic mass is 10.0. The predicted molar refractivity (Wildman–Crippen MR) is 95.2 cm³/mol. The van der Waals surface area contributed by atoms with Crippen molar-refractivity contribution in [3.63, 3.8) is 0 Å². The summed E-state index contributed by atoms with van der Waals surface area (Å²) in [5, 5.41) is 12.8. The molecule has 26 heavy (non-hydrogen) atoms. The zero-order valence-corrected chi connectivity index (χ0v) is 15.1. The first-order valence-corrected chi connectivity index (χ1v) is 9.16. The van der Waals surface area contributed by atoms with Gasteiger partial charge in [-0.15, -0.1) is 0 Å². The third-order valence-electron chi connectivity index (χ3n) is 4.93. The Morgan fingerprint density at radius 3 is 2.96 bits per heavy atom. The number of aromatic hydroxyl groups is 1. The largest absolute Gasteiger partial charge is 0.507 e. The fraction of sp³-hybridized carbons (Fsp3) is 0.579. The Balaban J connectivity index is 1.61. The standard InChI is InChI=1S/C19H26N2O5/c1-13-5-6-17(22)16(10-13)18(23)21-8-3-2-4-15(21)12-26-19(24)20-14-7-9-25-11-14/h5-6,10,14-15,22H,2-4,7-9,11-12H2,1H3,(H,20,24). The van der Waals surface area contributed by atoms with E-state index in [9.17, 15) is 14.7 Å². The molecule has 0 aromatic heterocycles. The Bertz CT molecular complexity index is 657. The highest BCUT2D eigenvalue weighted by atomic mass is 16.6. The number of hydrogen-bond acceptors (Lipinski definition) is 5. The molecule has 1 aromatic rings. The van der Waals surface area contributed by atoms with Gasteiger partial charge in [-0.3, -0.25) is 4.79 Å². The summed E-state index contributed by atoms with van der Waals surface area (Å²) >= 11 is 0. The second kappa shape index (κ2) is 8.40. The average molecular weight is 362 g/mol. The van der Waals surface area contributed by atoms with Crippen LogP contribution in [0.5, 0.6) is 5.75 Å². The summed E-state index contributed by atoms with van der Waals surface area (Å²) in [7, 11) is 0. The number of phenolic OH excluding ortho intramolecular Hbond substituents is 1. The number of piperidine rings is 1. The number of carbonyl (C=O) groups is 2. The van der Waals surface area contributed by atoms with Crippen LogP contribution in [0.1, 0.15) is 41.6 Å². The highest BCUT2D eigenvalue weighted by molar-refractivity contribution is 5.97. The summed E-state index contributed by atoms with van der Waals surface area (Å²) in [5.74, 6) is -0.242. The number of nitrogens with zero attached hydrogens (tertiary/aromatic N) is 1. The van der Waals surface area contributed by atoms with Crippen LogP contribution in [-0.4, -0.2) is 60.5 Å². The minimum absolute atomic E-state index is 0.00386. The van der Waals surface area contributed by atoms with Gasteiger partial charge in [0, 0.05) is 13.2 Å². The Morgan fingerprint density at radius 1 is 1.35 bits per heavy atom. The van der Waals surface area contributed by atoms with E-state index in [0.29, 0.717) is 25.3 Å². The number of ether oxygens (including phenoxy) is 2. The van der Waals surface area contributed by atoms with E-state index in [0.717, 1.165) is 31.2 Å². The number of rotatable bonds is 4. The molecule has 142 valence electrons. The van der Waals surface area contributed by atoms with Crippen LogP contribution in [0.25, 0.3) is 0 Å². The molecule has 3 rings (SSSR count). The van der Waals surface area contributed by atoms with Crippen molar-refractivity contribution in [3.05, 3.63) is 29.3 Å². The second-order valence-corrected chi connectivity index (χ2v) is 6.97. The van der Waals surface area contributed by atoms with Gasteiger partial charge in [-0.25, -0.2) is 4.79 Å². The van der Waals surface area contributed by atoms with Gasteiger partial charge >= 0.3 is 6.09 Å². The van der Waals surface area contributed by atoms with Crippen LogP contribution < -0.4 is 5.32 Å². The molecule has 2 aliphatic heterocycles. The Morgan fingerprint density at radius 2 is 2.19 bits per heavy atom. The monoisotopic (exact) mass is 362 g/mol. The highest BCUT2D eigenvalue weighted by Crippen LogP contribution is 2.25. The van der Waals surface area contributed by atoms with E-state index in [-0.39, 0.29) is 30.3 Å². The van der Waals surface area contributed by atoms with Crippen LogP contribution in [0.3, 0.4) is 0 Å². The number of aryl methyl sites for hydroxylation is 1. The SMILES string of the molecule is Cc1ccc(O)c(C(=O)N2CCCCC2COC(=O)NC2CCOC2)c1. The summed E-state index contributed by atoms with van der Waals surface area (Å²) in [5.41, 5.74) is 1.21. The lowest BCUT2D eigenvalue weighted by Crippen LogP contribution is -2.47. The van der Waals surface area contributed by atoms with Gasteiger partial charge in [0.25, 0.3) is 5.91 Å².